The first kappa shape index (κ1) is 34.3. The number of unbranched alkanes of at least 4 members (excludes halogenated alkanes) is 1. The van der Waals surface area contributed by atoms with Crippen molar-refractivity contribution in [2.45, 2.75) is 145 Å². The van der Waals surface area contributed by atoms with Crippen LogP contribution in [0.3, 0.4) is 0 Å². The third-order valence-corrected chi connectivity index (χ3v) is 10.2. The molecule has 208 valence electrons. The maximum absolute atomic E-state index is 11.4. The third kappa shape index (κ3) is 8.41. The summed E-state index contributed by atoms with van der Waals surface area (Å²) in [4.78, 5) is 19.4. The van der Waals surface area contributed by atoms with Gasteiger partial charge < -0.3 is 14.7 Å². The van der Waals surface area contributed by atoms with Crippen LogP contribution >= 0.6 is 0 Å². The van der Waals surface area contributed by atoms with E-state index < -0.39 is 0 Å². The molecule has 0 spiro atoms. The van der Waals surface area contributed by atoms with Crippen LogP contribution in [0.1, 0.15) is 139 Å². The van der Waals surface area contributed by atoms with Crippen LogP contribution in [0.2, 0.25) is 0 Å². The average molecular weight is 495 g/mol. The number of fused-ring (bicyclic) bond motifs is 1. The standard InChI is InChI=1S/C27H48O2.2C2H6.CH2O/c1-19(2)8-6-7-9-21-10-11-24-20(3)25(13-16-26(21,24)4)27(5)15-12-23(29)18-22(27)14-17-28;3*1-2/h17,19-25,29H,6-16,18H2,1-5H3;2*1-2H3;1H2. The van der Waals surface area contributed by atoms with Crippen LogP contribution in [-0.2, 0) is 9.59 Å². The van der Waals surface area contributed by atoms with E-state index in [4.69, 9.17) is 4.79 Å². The minimum Gasteiger partial charge on any atom is -0.393 e. The number of hydrogen-bond donors (Lipinski definition) is 1. The van der Waals surface area contributed by atoms with Crippen LogP contribution in [0.15, 0.2) is 0 Å². The highest BCUT2D eigenvalue weighted by atomic mass is 16.3. The van der Waals surface area contributed by atoms with E-state index in [-0.39, 0.29) is 11.5 Å². The first-order valence-electron chi connectivity index (χ1n) is 15.1. The molecule has 8 atom stereocenters. The molecule has 3 fully saturated rings. The zero-order valence-electron chi connectivity index (χ0n) is 25.1. The van der Waals surface area contributed by atoms with Crippen molar-refractivity contribution in [2.75, 3.05) is 0 Å². The van der Waals surface area contributed by atoms with E-state index in [1.54, 1.807) is 0 Å². The minimum atomic E-state index is -0.195. The Morgan fingerprint density at radius 2 is 1.43 bits per heavy atom. The average Bonchev–Trinajstić information content (AvgIpc) is 3.20. The molecule has 3 heteroatoms. The summed E-state index contributed by atoms with van der Waals surface area (Å²) in [6.07, 6.45) is 15.6. The number of carbonyl (C=O) groups excluding carboxylic acids is 2. The van der Waals surface area contributed by atoms with Crippen molar-refractivity contribution in [3.8, 4) is 0 Å². The fourth-order valence-corrected chi connectivity index (χ4v) is 8.32. The molecule has 0 aromatic carbocycles. The van der Waals surface area contributed by atoms with Crippen molar-refractivity contribution in [3.05, 3.63) is 0 Å². The summed E-state index contributed by atoms with van der Waals surface area (Å²) < 4.78 is 0. The zero-order chi connectivity index (χ0) is 27.2. The molecule has 0 saturated heterocycles. The maximum Gasteiger partial charge on any atom is 0.120 e. The number of aldehydes is 1. The summed E-state index contributed by atoms with van der Waals surface area (Å²) >= 11 is 0. The molecular weight excluding hydrogens is 432 g/mol. The molecule has 0 aliphatic heterocycles. The molecule has 3 nitrogen and oxygen atoms in total. The van der Waals surface area contributed by atoms with Gasteiger partial charge in [0.05, 0.1) is 6.10 Å². The van der Waals surface area contributed by atoms with Gasteiger partial charge in [0.15, 0.2) is 0 Å². The van der Waals surface area contributed by atoms with E-state index in [0.717, 1.165) is 55.1 Å². The van der Waals surface area contributed by atoms with Gasteiger partial charge in [-0.25, -0.2) is 0 Å². The highest BCUT2D eigenvalue weighted by molar-refractivity contribution is 5.50. The van der Waals surface area contributed by atoms with Gasteiger partial charge in [0.1, 0.15) is 13.1 Å². The molecule has 3 aliphatic rings. The van der Waals surface area contributed by atoms with Crippen molar-refractivity contribution in [3.63, 3.8) is 0 Å². The summed E-state index contributed by atoms with van der Waals surface area (Å²) in [5.41, 5.74) is 0.773. The van der Waals surface area contributed by atoms with Crippen LogP contribution in [-0.4, -0.2) is 24.3 Å². The van der Waals surface area contributed by atoms with Gasteiger partial charge in [-0.1, -0.05) is 81.6 Å². The maximum atomic E-state index is 11.4. The van der Waals surface area contributed by atoms with Crippen LogP contribution in [0, 0.1) is 46.3 Å². The lowest BCUT2D eigenvalue weighted by Gasteiger charge is -2.56. The largest absolute Gasteiger partial charge is 0.393 e. The predicted octanol–water partition coefficient (Wildman–Crippen LogP) is 8.91. The summed E-state index contributed by atoms with van der Waals surface area (Å²) in [6.45, 7) is 22.3. The molecule has 1 N–H and O–H groups in total. The molecule has 0 bridgehead atoms. The Bertz CT molecular complexity index is 561. The lowest BCUT2D eigenvalue weighted by Crippen LogP contribution is -2.50. The van der Waals surface area contributed by atoms with E-state index in [9.17, 15) is 9.90 Å². The number of hydrogen-bond acceptors (Lipinski definition) is 3. The molecule has 0 aromatic rings. The zero-order valence-corrected chi connectivity index (χ0v) is 25.1. The topological polar surface area (TPSA) is 54.4 Å². The summed E-state index contributed by atoms with van der Waals surface area (Å²) in [5.74, 6) is 4.47. The predicted molar refractivity (Wildman–Crippen MR) is 151 cm³/mol. The summed E-state index contributed by atoms with van der Waals surface area (Å²) in [7, 11) is 0. The SMILES string of the molecule is C=O.CC.CC.CC(C)CCCCC1CCC2C(C)C(C3(C)CCC(O)CC3CC=O)CCC12C. The van der Waals surface area contributed by atoms with Crippen LogP contribution in [0.4, 0.5) is 0 Å². The number of aliphatic hydroxyl groups excluding tert-OH is 1. The number of carbonyl (C=O) groups is 2. The second kappa shape index (κ2) is 16.9. The molecule has 0 heterocycles. The van der Waals surface area contributed by atoms with Crippen LogP contribution in [0.25, 0.3) is 0 Å². The van der Waals surface area contributed by atoms with Crippen molar-refractivity contribution in [1.29, 1.82) is 0 Å². The van der Waals surface area contributed by atoms with E-state index in [1.165, 1.54) is 51.4 Å². The Hall–Kier alpha value is -0.700. The minimum absolute atomic E-state index is 0.195. The molecule has 3 saturated carbocycles. The van der Waals surface area contributed by atoms with Gasteiger partial charge in [0.25, 0.3) is 0 Å². The molecule has 35 heavy (non-hydrogen) atoms. The third-order valence-electron chi connectivity index (χ3n) is 10.2. The van der Waals surface area contributed by atoms with Crippen molar-refractivity contribution in [1.82, 2.24) is 0 Å². The Balaban J connectivity index is 0.00000179. The highest BCUT2D eigenvalue weighted by Crippen LogP contribution is 2.64. The van der Waals surface area contributed by atoms with E-state index in [1.807, 2.05) is 34.5 Å². The van der Waals surface area contributed by atoms with Crippen molar-refractivity contribution < 1.29 is 14.7 Å². The van der Waals surface area contributed by atoms with Gasteiger partial charge in [-0.2, -0.15) is 0 Å². The van der Waals surface area contributed by atoms with Crippen molar-refractivity contribution in [2.24, 2.45) is 46.3 Å². The molecule has 0 aromatic heterocycles. The van der Waals surface area contributed by atoms with Crippen molar-refractivity contribution >= 4 is 13.1 Å². The Kier molecular flexibility index (Phi) is 16.6. The van der Waals surface area contributed by atoms with Gasteiger partial charge in [0, 0.05) is 6.42 Å². The first-order chi connectivity index (χ1) is 16.7. The monoisotopic (exact) mass is 494 g/mol. The second-order valence-corrected chi connectivity index (χ2v) is 12.1. The molecule has 8 unspecified atom stereocenters. The van der Waals surface area contributed by atoms with Crippen LogP contribution in [0.5, 0.6) is 0 Å². The first-order valence-corrected chi connectivity index (χ1v) is 15.1. The fraction of sp³-hybridized carbons (Fsp3) is 0.938. The molecule has 3 aliphatic carbocycles. The Labute approximate surface area is 219 Å². The van der Waals surface area contributed by atoms with Gasteiger partial charge in [-0.15, -0.1) is 0 Å². The van der Waals surface area contributed by atoms with Crippen LogP contribution < -0.4 is 0 Å². The number of rotatable bonds is 8. The Morgan fingerprint density at radius 1 is 0.886 bits per heavy atom. The smallest absolute Gasteiger partial charge is 0.120 e. The van der Waals surface area contributed by atoms with Gasteiger partial charge >= 0.3 is 0 Å². The summed E-state index contributed by atoms with van der Waals surface area (Å²) in [5, 5.41) is 10.2. The van der Waals surface area contributed by atoms with E-state index in [2.05, 4.69) is 34.6 Å². The lowest BCUT2D eigenvalue weighted by molar-refractivity contribution is -0.116. The molecule has 0 amide bonds. The molecular formula is C32H62O3. The Morgan fingerprint density at radius 3 is 2.00 bits per heavy atom. The second-order valence-electron chi connectivity index (χ2n) is 12.1. The van der Waals surface area contributed by atoms with Gasteiger partial charge in [-0.05, 0) is 97.7 Å². The fourth-order valence-electron chi connectivity index (χ4n) is 8.32. The quantitative estimate of drug-likeness (QED) is 0.271. The van der Waals surface area contributed by atoms with E-state index >= 15 is 0 Å². The highest BCUT2D eigenvalue weighted by Gasteiger charge is 2.56. The van der Waals surface area contributed by atoms with E-state index in [0.29, 0.717) is 17.8 Å². The number of aliphatic hydroxyl groups is 1. The lowest BCUT2D eigenvalue weighted by atomic mass is 9.48. The molecule has 0 radical (unpaired) electrons. The summed E-state index contributed by atoms with van der Waals surface area (Å²) in [6, 6.07) is 0. The molecule has 3 rings (SSSR count). The van der Waals surface area contributed by atoms with Gasteiger partial charge in [-0.3, -0.25) is 0 Å². The normalized spacial score (nSPS) is 38.0. The van der Waals surface area contributed by atoms with Gasteiger partial charge in [0.2, 0.25) is 0 Å².